The molecule has 6 heteroatoms. The average Bonchev–Trinajstić information content (AvgIpc) is 3.01. The molecule has 5 nitrogen and oxygen atoms in total. The third kappa shape index (κ3) is 3.16. The lowest BCUT2D eigenvalue weighted by Crippen LogP contribution is -2.40. The van der Waals surface area contributed by atoms with Crippen LogP contribution in [0.2, 0.25) is 0 Å². The molecule has 1 N–H and O–H groups in total. The van der Waals surface area contributed by atoms with Gasteiger partial charge in [-0.1, -0.05) is 18.2 Å². The summed E-state index contributed by atoms with van der Waals surface area (Å²) in [7, 11) is -3.37. The second-order valence-electron chi connectivity index (χ2n) is 5.47. The number of hydrogen-bond donors (Lipinski definition) is 1. The molecule has 0 spiro atoms. The van der Waals surface area contributed by atoms with E-state index >= 15 is 0 Å². The molecular weight excluding hydrogens is 286 g/mol. The number of aromatic nitrogens is 2. The van der Waals surface area contributed by atoms with Crippen LogP contribution in [-0.2, 0) is 16.4 Å². The fraction of sp³-hybridized carbons (Fsp3) is 0.400. The van der Waals surface area contributed by atoms with Gasteiger partial charge in [0.05, 0.1) is 4.90 Å². The minimum Gasteiger partial charge on any atom is -0.283 e. The Labute approximate surface area is 125 Å². The molecule has 2 aromatic rings. The number of H-pyrrole nitrogens is 1. The monoisotopic (exact) mass is 305 g/mol. The van der Waals surface area contributed by atoms with Gasteiger partial charge in [-0.05, 0) is 43.4 Å². The van der Waals surface area contributed by atoms with E-state index in [1.54, 1.807) is 34.8 Å². The molecule has 2 heterocycles. The van der Waals surface area contributed by atoms with Crippen molar-refractivity contribution in [3.8, 4) is 0 Å². The number of hydrogen-bond acceptors (Lipinski definition) is 3. The lowest BCUT2D eigenvalue weighted by Gasteiger charge is -2.31. The lowest BCUT2D eigenvalue weighted by atomic mass is 9.95. The average molecular weight is 305 g/mol. The molecule has 3 rings (SSSR count). The summed E-state index contributed by atoms with van der Waals surface area (Å²) in [5.41, 5.74) is 1.07. The first-order valence-electron chi connectivity index (χ1n) is 7.20. The van der Waals surface area contributed by atoms with Crippen molar-refractivity contribution in [2.45, 2.75) is 24.2 Å². The van der Waals surface area contributed by atoms with Crippen molar-refractivity contribution < 1.29 is 8.42 Å². The molecule has 0 unspecified atom stereocenters. The molecule has 1 aliphatic heterocycles. The number of aromatic amines is 1. The maximum Gasteiger partial charge on any atom is 0.243 e. The molecule has 0 aliphatic carbocycles. The van der Waals surface area contributed by atoms with E-state index in [1.165, 1.54) is 0 Å². The van der Waals surface area contributed by atoms with Crippen LogP contribution in [0.4, 0.5) is 0 Å². The molecule has 1 saturated heterocycles. The van der Waals surface area contributed by atoms with E-state index in [0.29, 0.717) is 23.9 Å². The normalized spacial score (nSPS) is 20.5. The molecule has 0 saturated carbocycles. The van der Waals surface area contributed by atoms with Gasteiger partial charge < -0.3 is 0 Å². The summed E-state index contributed by atoms with van der Waals surface area (Å²) in [6.45, 7) is 1.19. The summed E-state index contributed by atoms with van der Waals surface area (Å²) < 4.78 is 26.9. The molecule has 1 atom stereocenters. The second-order valence-corrected chi connectivity index (χ2v) is 7.41. The molecule has 1 aliphatic rings. The molecule has 21 heavy (non-hydrogen) atoms. The van der Waals surface area contributed by atoms with Gasteiger partial charge in [0.25, 0.3) is 0 Å². The Morgan fingerprint density at radius 3 is 2.76 bits per heavy atom. The summed E-state index contributed by atoms with van der Waals surface area (Å²) in [4.78, 5) is 0.382. The summed E-state index contributed by atoms with van der Waals surface area (Å²) in [6, 6.07) is 10.6. The van der Waals surface area contributed by atoms with Crippen molar-refractivity contribution in [3.05, 3.63) is 48.3 Å². The summed E-state index contributed by atoms with van der Waals surface area (Å²) in [6.07, 6.45) is 4.54. The van der Waals surface area contributed by atoms with Gasteiger partial charge in [-0.25, -0.2) is 8.42 Å². The van der Waals surface area contributed by atoms with Crippen LogP contribution in [0.5, 0.6) is 0 Å². The van der Waals surface area contributed by atoms with Gasteiger partial charge >= 0.3 is 0 Å². The number of benzene rings is 1. The van der Waals surface area contributed by atoms with Crippen LogP contribution in [0.25, 0.3) is 0 Å². The molecule has 1 fully saturated rings. The zero-order valence-electron chi connectivity index (χ0n) is 11.8. The maximum absolute atomic E-state index is 12.6. The van der Waals surface area contributed by atoms with Crippen molar-refractivity contribution in [1.82, 2.24) is 14.5 Å². The zero-order valence-corrected chi connectivity index (χ0v) is 12.6. The van der Waals surface area contributed by atoms with E-state index < -0.39 is 10.0 Å². The third-order valence-corrected chi connectivity index (χ3v) is 5.81. The SMILES string of the molecule is O=S(=O)(c1ccccc1)N1CCC[C@H](Cc2ccn[nH]2)C1. The van der Waals surface area contributed by atoms with Gasteiger partial charge in [0.2, 0.25) is 10.0 Å². The molecule has 0 bridgehead atoms. The minimum atomic E-state index is -3.37. The van der Waals surface area contributed by atoms with E-state index in [9.17, 15) is 8.42 Å². The van der Waals surface area contributed by atoms with Crippen molar-refractivity contribution in [3.63, 3.8) is 0 Å². The van der Waals surface area contributed by atoms with Gasteiger partial charge in [0, 0.05) is 25.0 Å². The molecule has 1 aromatic carbocycles. The van der Waals surface area contributed by atoms with Crippen LogP contribution >= 0.6 is 0 Å². The van der Waals surface area contributed by atoms with Crippen LogP contribution in [0, 0.1) is 5.92 Å². The Kier molecular flexibility index (Phi) is 4.07. The molecule has 1 aromatic heterocycles. The Morgan fingerprint density at radius 2 is 2.05 bits per heavy atom. The summed E-state index contributed by atoms with van der Waals surface area (Å²) in [5.74, 6) is 0.345. The van der Waals surface area contributed by atoms with Gasteiger partial charge in [0.1, 0.15) is 0 Å². The Hall–Kier alpha value is -1.66. The highest BCUT2D eigenvalue weighted by Crippen LogP contribution is 2.25. The lowest BCUT2D eigenvalue weighted by molar-refractivity contribution is 0.264. The van der Waals surface area contributed by atoms with Crippen LogP contribution in [0.3, 0.4) is 0 Å². The maximum atomic E-state index is 12.6. The number of piperidine rings is 1. The Morgan fingerprint density at radius 1 is 1.24 bits per heavy atom. The minimum absolute atomic E-state index is 0.345. The molecule has 112 valence electrons. The fourth-order valence-electron chi connectivity index (χ4n) is 2.86. The van der Waals surface area contributed by atoms with Gasteiger partial charge in [0.15, 0.2) is 0 Å². The number of nitrogens with one attached hydrogen (secondary N) is 1. The summed E-state index contributed by atoms with van der Waals surface area (Å²) in [5, 5.41) is 6.90. The Balaban J connectivity index is 1.74. The van der Waals surface area contributed by atoms with Crippen LogP contribution in [-0.4, -0.2) is 36.0 Å². The van der Waals surface area contributed by atoms with Crippen LogP contribution in [0.1, 0.15) is 18.5 Å². The molecule has 0 amide bonds. The van der Waals surface area contributed by atoms with E-state index in [1.807, 2.05) is 12.1 Å². The Bertz CT molecular complexity index is 668. The van der Waals surface area contributed by atoms with Crippen molar-refractivity contribution in [1.29, 1.82) is 0 Å². The highest BCUT2D eigenvalue weighted by atomic mass is 32.2. The topological polar surface area (TPSA) is 66.1 Å². The van der Waals surface area contributed by atoms with Gasteiger partial charge in [-0.15, -0.1) is 0 Å². The predicted molar refractivity (Wildman–Crippen MR) is 80.2 cm³/mol. The highest BCUT2D eigenvalue weighted by molar-refractivity contribution is 7.89. The number of rotatable bonds is 4. The predicted octanol–water partition coefficient (Wildman–Crippen LogP) is 2.05. The first-order valence-corrected chi connectivity index (χ1v) is 8.64. The third-order valence-electron chi connectivity index (χ3n) is 3.93. The summed E-state index contributed by atoms with van der Waals surface area (Å²) >= 11 is 0. The number of sulfonamides is 1. The molecule has 0 radical (unpaired) electrons. The van der Waals surface area contributed by atoms with E-state index in [-0.39, 0.29) is 0 Å². The number of nitrogens with zero attached hydrogens (tertiary/aromatic N) is 2. The largest absolute Gasteiger partial charge is 0.283 e. The highest BCUT2D eigenvalue weighted by Gasteiger charge is 2.30. The second kappa shape index (κ2) is 5.99. The molecular formula is C15H19N3O2S. The van der Waals surface area contributed by atoms with Crippen LogP contribution < -0.4 is 0 Å². The van der Waals surface area contributed by atoms with Crippen molar-refractivity contribution in [2.24, 2.45) is 5.92 Å². The first kappa shape index (κ1) is 14.3. The van der Waals surface area contributed by atoms with Crippen LogP contribution in [0.15, 0.2) is 47.5 Å². The smallest absolute Gasteiger partial charge is 0.243 e. The first-order chi connectivity index (χ1) is 10.2. The zero-order chi connectivity index (χ0) is 14.7. The van der Waals surface area contributed by atoms with Gasteiger partial charge in [-0.3, -0.25) is 5.10 Å². The van der Waals surface area contributed by atoms with Gasteiger partial charge in [-0.2, -0.15) is 9.40 Å². The van der Waals surface area contributed by atoms with E-state index in [4.69, 9.17) is 0 Å². The standard InChI is InChI=1S/C15H19N3O2S/c19-21(20,15-6-2-1-3-7-15)18-10-4-5-13(12-18)11-14-8-9-16-17-14/h1-3,6-9,13H,4-5,10-12H2,(H,16,17)/t13-/m1/s1. The van der Waals surface area contributed by atoms with E-state index in [0.717, 1.165) is 25.0 Å². The van der Waals surface area contributed by atoms with E-state index in [2.05, 4.69) is 10.2 Å². The fourth-order valence-corrected chi connectivity index (χ4v) is 4.44. The quantitative estimate of drug-likeness (QED) is 0.940. The van der Waals surface area contributed by atoms with Crippen molar-refractivity contribution >= 4 is 10.0 Å². The van der Waals surface area contributed by atoms with Crippen molar-refractivity contribution in [2.75, 3.05) is 13.1 Å².